The molecule has 2 fully saturated rings. The van der Waals surface area contributed by atoms with Crippen LogP contribution in [0.5, 0.6) is 11.5 Å². The van der Waals surface area contributed by atoms with E-state index in [4.69, 9.17) is 14.5 Å². The SMILES string of the molecule is CCNC(=NCc1ccc(OC)c(OCC)c1)N1CCC(CN2CCCCC2)C1. The number of aliphatic imine (C=N–C) groups is 1. The van der Waals surface area contributed by atoms with E-state index in [-0.39, 0.29) is 0 Å². The zero-order valence-electron chi connectivity index (χ0n) is 18.5. The number of nitrogens with one attached hydrogen (secondary N) is 1. The highest BCUT2D eigenvalue weighted by Crippen LogP contribution is 2.28. The third kappa shape index (κ3) is 6.26. The summed E-state index contributed by atoms with van der Waals surface area (Å²) in [6.07, 6.45) is 5.40. The third-order valence-electron chi connectivity index (χ3n) is 5.82. The molecule has 6 heteroatoms. The molecular weight excluding hydrogens is 364 g/mol. The van der Waals surface area contributed by atoms with Gasteiger partial charge >= 0.3 is 0 Å². The Morgan fingerprint density at radius 3 is 2.69 bits per heavy atom. The fraction of sp³-hybridized carbons (Fsp3) is 0.696. The van der Waals surface area contributed by atoms with Crippen molar-refractivity contribution in [2.24, 2.45) is 10.9 Å². The van der Waals surface area contributed by atoms with Crippen LogP contribution >= 0.6 is 0 Å². The quantitative estimate of drug-likeness (QED) is 0.534. The highest BCUT2D eigenvalue weighted by Gasteiger charge is 2.27. The van der Waals surface area contributed by atoms with E-state index >= 15 is 0 Å². The minimum absolute atomic E-state index is 0.623. The largest absolute Gasteiger partial charge is 0.493 e. The van der Waals surface area contributed by atoms with Crippen molar-refractivity contribution in [2.75, 3.05) is 53.0 Å². The Balaban J connectivity index is 1.60. The molecule has 1 unspecified atom stereocenters. The van der Waals surface area contributed by atoms with E-state index in [2.05, 4.69) is 28.1 Å². The van der Waals surface area contributed by atoms with Gasteiger partial charge in [-0.05, 0) is 69.8 Å². The summed E-state index contributed by atoms with van der Waals surface area (Å²) in [6.45, 7) is 12.3. The summed E-state index contributed by atoms with van der Waals surface area (Å²) in [5, 5.41) is 3.49. The minimum atomic E-state index is 0.623. The van der Waals surface area contributed by atoms with Crippen molar-refractivity contribution in [3.05, 3.63) is 23.8 Å². The zero-order valence-corrected chi connectivity index (χ0v) is 18.5. The summed E-state index contributed by atoms with van der Waals surface area (Å²) < 4.78 is 11.1. The van der Waals surface area contributed by atoms with Gasteiger partial charge in [0, 0.05) is 26.2 Å². The maximum absolute atomic E-state index is 5.70. The van der Waals surface area contributed by atoms with Gasteiger partial charge in [0.05, 0.1) is 20.3 Å². The molecule has 0 bridgehead atoms. The molecule has 1 aromatic carbocycles. The summed E-state index contributed by atoms with van der Waals surface area (Å²) >= 11 is 0. The van der Waals surface area contributed by atoms with Gasteiger partial charge in [-0.2, -0.15) is 0 Å². The minimum Gasteiger partial charge on any atom is -0.493 e. The highest BCUT2D eigenvalue weighted by molar-refractivity contribution is 5.80. The van der Waals surface area contributed by atoms with Crippen LogP contribution in [0, 0.1) is 5.92 Å². The molecule has 2 saturated heterocycles. The highest BCUT2D eigenvalue weighted by atomic mass is 16.5. The molecule has 2 aliphatic heterocycles. The van der Waals surface area contributed by atoms with Crippen molar-refractivity contribution in [1.82, 2.24) is 15.1 Å². The summed E-state index contributed by atoms with van der Waals surface area (Å²) in [5.41, 5.74) is 1.13. The topological polar surface area (TPSA) is 49.3 Å². The van der Waals surface area contributed by atoms with E-state index < -0.39 is 0 Å². The van der Waals surface area contributed by atoms with Gasteiger partial charge in [0.25, 0.3) is 0 Å². The molecule has 3 rings (SSSR count). The molecule has 2 aliphatic rings. The van der Waals surface area contributed by atoms with Crippen molar-refractivity contribution in [1.29, 1.82) is 0 Å². The van der Waals surface area contributed by atoms with E-state index in [1.54, 1.807) is 7.11 Å². The van der Waals surface area contributed by atoms with E-state index in [0.29, 0.717) is 13.2 Å². The predicted molar refractivity (Wildman–Crippen MR) is 119 cm³/mol. The second-order valence-corrected chi connectivity index (χ2v) is 8.05. The lowest BCUT2D eigenvalue weighted by Crippen LogP contribution is -2.41. The summed E-state index contributed by atoms with van der Waals surface area (Å²) in [7, 11) is 1.67. The number of piperidine rings is 1. The monoisotopic (exact) mass is 402 g/mol. The normalized spacial score (nSPS) is 20.7. The van der Waals surface area contributed by atoms with Gasteiger partial charge in [0.15, 0.2) is 17.5 Å². The molecule has 29 heavy (non-hydrogen) atoms. The number of hydrogen-bond acceptors (Lipinski definition) is 4. The van der Waals surface area contributed by atoms with Gasteiger partial charge in [0.1, 0.15) is 0 Å². The number of rotatable bonds is 8. The molecule has 1 N–H and O–H groups in total. The Bertz CT molecular complexity index is 658. The molecular formula is C23H38N4O2. The maximum Gasteiger partial charge on any atom is 0.194 e. The molecule has 162 valence electrons. The van der Waals surface area contributed by atoms with E-state index in [9.17, 15) is 0 Å². The maximum atomic E-state index is 5.70. The summed E-state index contributed by atoms with van der Waals surface area (Å²) in [5.74, 6) is 3.34. The number of methoxy groups -OCH3 is 1. The fourth-order valence-electron chi connectivity index (χ4n) is 4.36. The molecule has 0 saturated carbocycles. The fourth-order valence-corrected chi connectivity index (χ4v) is 4.36. The summed E-state index contributed by atoms with van der Waals surface area (Å²) in [4.78, 5) is 10.0. The molecule has 1 atom stereocenters. The second kappa shape index (κ2) is 11.3. The molecule has 6 nitrogen and oxygen atoms in total. The average molecular weight is 403 g/mol. The predicted octanol–water partition coefficient (Wildman–Crippen LogP) is 3.37. The first-order valence-corrected chi connectivity index (χ1v) is 11.3. The second-order valence-electron chi connectivity index (χ2n) is 8.05. The van der Waals surface area contributed by atoms with Crippen LogP contribution in [0.1, 0.15) is 45.1 Å². The average Bonchev–Trinajstić information content (AvgIpc) is 3.20. The van der Waals surface area contributed by atoms with E-state index in [1.165, 1.54) is 45.3 Å². The third-order valence-corrected chi connectivity index (χ3v) is 5.82. The lowest BCUT2D eigenvalue weighted by Gasteiger charge is -2.29. The van der Waals surface area contributed by atoms with Crippen LogP contribution in [0.4, 0.5) is 0 Å². The Hall–Kier alpha value is -1.95. The van der Waals surface area contributed by atoms with E-state index in [1.807, 2.05) is 19.1 Å². The Labute approximate surface area is 176 Å². The molecule has 0 aromatic heterocycles. The zero-order chi connectivity index (χ0) is 20.5. The Kier molecular flexibility index (Phi) is 8.47. The van der Waals surface area contributed by atoms with Crippen molar-refractivity contribution in [2.45, 2.75) is 46.1 Å². The number of guanidine groups is 1. The van der Waals surface area contributed by atoms with Crippen LogP contribution in [0.3, 0.4) is 0 Å². The van der Waals surface area contributed by atoms with Crippen LogP contribution < -0.4 is 14.8 Å². The summed E-state index contributed by atoms with van der Waals surface area (Å²) in [6, 6.07) is 6.07. The van der Waals surface area contributed by atoms with Crippen LogP contribution in [0.15, 0.2) is 23.2 Å². The van der Waals surface area contributed by atoms with Gasteiger partial charge in [0.2, 0.25) is 0 Å². The van der Waals surface area contributed by atoms with Gasteiger partial charge in [-0.15, -0.1) is 0 Å². The van der Waals surface area contributed by atoms with Crippen molar-refractivity contribution in [3.63, 3.8) is 0 Å². The van der Waals surface area contributed by atoms with Gasteiger partial charge < -0.3 is 24.6 Å². The van der Waals surface area contributed by atoms with Crippen LogP contribution in [0.25, 0.3) is 0 Å². The smallest absolute Gasteiger partial charge is 0.194 e. The van der Waals surface area contributed by atoms with Gasteiger partial charge in [-0.1, -0.05) is 12.5 Å². The Morgan fingerprint density at radius 2 is 1.97 bits per heavy atom. The molecule has 2 heterocycles. The van der Waals surface area contributed by atoms with Crippen LogP contribution in [0.2, 0.25) is 0 Å². The molecule has 0 radical (unpaired) electrons. The standard InChI is InChI=1S/C23H38N4O2/c1-4-24-23(25-16-19-9-10-21(28-3)22(15-19)29-5-2)27-14-11-20(18-27)17-26-12-7-6-8-13-26/h9-10,15,20H,4-8,11-14,16-18H2,1-3H3,(H,24,25). The number of likely N-dealkylation sites (tertiary alicyclic amines) is 2. The molecule has 0 amide bonds. The number of hydrogen-bond donors (Lipinski definition) is 1. The Morgan fingerprint density at radius 1 is 1.14 bits per heavy atom. The van der Waals surface area contributed by atoms with Gasteiger partial charge in [-0.3, -0.25) is 0 Å². The van der Waals surface area contributed by atoms with Crippen LogP contribution in [-0.2, 0) is 6.54 Å². The number of ether oxygens (including phenoxy) is 2. The first-order valence-electron chi connectivity index (χ1n) is 11.3. The molecule has 0 spiro atoms. The lowest BCUT2D eigenvalue weighted by molar-refractivity contribution is 0.198. The van der Waals surface area contributed by atoms with Crippen LogP contribution in [-0.4, -0.2) is 68.7 Å². The first-order chi connectivity index (χ1) is 14.2. The number of nitrogens with zero attached hydrogens (tertiary/aromatic N) is 3. The van der Waals surface area contributed by atoms with Gasteiger partial charge in [-0.25, -0.2) is 4.99 Å². The van der Waals surface area contributed by atoms with Crippen molar-refractivity contribution < 1.29 is 9.47 Å². The van der Waals surface area contributed by atoms with Crippen molar-refractivity contribution >= 4 is 5.96 Å². The molecule has 1 aromatic rings. The lowest BCUT2D eigenvalue weighted by atomic mass is 10.1. The first kappa shape index (κ1) is 21.8. The van der Waals surface area contributed by atoms with E-state index in [0.717, 1.165) is 48.6 Å². The number of benzene rings is 1. The van der Waals surface area contributed by atoms with Crippen molar-refractivity contribution in [3.8, 4) is 11.5 Å². The molecule has 0 aliphatic carbocycles.